The average molecular weight is 343 g/mol. The standard InChI is InChI=1S/C16H20F3N3O2/c17-16(18,19)11-22-8-6-12(7-9-22)10-20-14(23)15(24)21-13-4-2-1-3-5-13/h1-5,12H,6-11H2,(H,20,23)(H,21,24). The van der Waals surface area contributed by atoms with Gasteiger partial charge in [0.1, 0.15) is 0 Å². The molecule has 5 nitrogen and oxygen atoms in total. The maximum atomic E-state index is 12.3. The molecule has 0 aromatic heterocycles. The SMILES string of the molecule is O=C(NCC1CCN(CC(F)(F)F)CC1)C(=O)Nc1ccccc1. The van der Waals surface area contributed by atoms with E-state index in [1.165, 1.54) is 4.90 Å². The number of carbonyl (C=O) groups is 2. The summed E-state index contributed by atoms with van der Waals surface area (Å²) in [7, 11) is 0. The predicted molar refractivity (Wildman–Crippen MR) is 83.3 cm³/mol. The molecule has 1 aliphatic rings. The number of alkyl halides is 3. The summed E-state index contributed by atoms with van der Waals surface area (Å²) >= 11 is 0. The normalized spacial score (nSPS) is 16.6. The lowest BCUT2D eigenvalue weighted by molar-refractivity contribution is -0.148. The fraction of sp³-hybridized carbons (Fsp3) is 0.500. The van der Waals surface area contributed by atoms with E-state index in [0.29, 0.717) is 38.2 Å². The Morgan fingerprint density at radius 1 is 1.08 bits per heavy atom. The third-order valence-electron chi connectivity index (χ3n) is 3.90. The second kappa shape index (κ2) is 8.14. The third-order valence-corrected chi connectivity index (χ3v) is 3.90. The van der Waals surface area contributed by atoms with Crippen LogP contribution < -0.4 is 10.6 Å². The molecule has 24 heavy (non-hydrogen) atoms. The highest BCUT2D eigenvalue weighted by atomic mass is 19.4. The van der Waals surface area contributed by atoms with Gasteiger partial charge in [-0.05, 0) is 44.0 Å². The number of benzene rings is 1. The van der Waals surface area contributed by atoms with Crippen molar-refractivity contribution in [1.82, 2.24) is 10.2 Å². The van der Waals surface area contributed by atoms with E-state index in [9.17, 15) is 22.8 Å². The highest BCUT2D eigenvalue weighted by Crippen LogP contribution is 2.22. The topological polar surface area (TPSA) is 61.4 Å². The summed E-state index contributed by atoms with van der Waals surface area (Å²) < 4.78 is 36.9. The van der Waals surface area contributed by atoms with E-state index >= 15 is 0 Å². The Morgan fingerprint density at radius 3 is 2.29 bits per heavy atom. The fourth-order valence-corrected chi connectivity index (χ4v) is 2.63. The van der Waals surface area contributed by atoms with Crippen LogP contribution in [0.3, 0.4) is 0 Å². The lowest BCUT2D eigenvalue weighted by Gasteiger charge is -2.32. The van der Waals surface area contributed by atoms with Crippen LogP contribution in [0, 0.1) is 5.92 Å². The summed E-state index contributed by atoms with van der Waals surface area (Å²) in [6.45, 7) is 0.0823. The summed E-state index contributed by atoms with van der Waals surface area (Å²) in [5.74, 6) is -1.41. The molecule has 1 saturated heterocycles. The molecule has 8 heteroatoms. The average Bonchev–Trinajstić information content (AvgIpc) is 2.53. The van der Waals surface area contributed by atoms with Crippen LogP contribution in [0.15, 0.2) is 30.3 Å². The highest BCUT2D eigenvalue weighted by molar-refractivity contribution is 6.39. The molecule has 0 spiro atoms. The Hall–Kier alpha value is -2.09. The molecular weight excluding hydrogens is 323 g/mol. The lowest BCUT2D eigenvalue weighted by atomic mass is 9.97. The molecule has 2 amide bonds. The number of hydrogen-bond acceptors (Lipinski definition) is 3. The van der Waals surface area contributed by atoms with Crippen molar-refractivity contribution in [2.45, 2.75) is 19.0 Å². The Bertz CT molecular complexity index is 555. The number of halogens is 3. The highest BCUT2D eigenvalue weighted by Gasteiger charge is 2.32. The first-order valence-electron chi connectivity index (χ1n) is 7.77. The van der Waals surface area contributed by atoms with Crippen LogP contribution in [-0.2, 0) is 9.59 Å². The summed E-state index contributed by atoms with van der Waals surface area (Å²) in [6.07, 6.45) is -3.05. The van der Waals surface area contributed by atoms with Crippen molar-refractivity contribution >= 4 is 17.5 Å². The second-order valence-corrected chi connectivity index (χ2v) is 5.86. The quantitative estimate of drug-likeness (QED) is 0.822. The van der Waals surface area contributed by atoms with Crippen LogP contribution >= 0.6 is 0 Å². The van der Waals surface area contributed by atoms with Crippen LogP contribution in [0.5, 0.6) is 0 Å². The summed E-state index contributed by atoms with van der Waals surface area (Å²) in [6, 6.07) is 8.61. The van der Waals surface area contributed by atoms with Crippen molar-refractivity contribution in [3.05, 3.63) is 30.3 Å². The number of hydrogen-bond donors (Lipinski definition) is 2. The van der Waals surface area contributed by atoms with E-state index in [0.717, 1.165) is 0 Å². The van der Waals surface area contributed by atoms with Crippen molar-refractivity contribution in [3.8, 4) is 0 Å². The molecular formula is C16H20F3N3O2. The van der Waals surface area contributed by atoms with Gasteiger partial charge < -0.3 is 10.6 Å². The number of piperidine rings is 1. The zero-order valence-electron chi connectivity index (χ0n) is 13.1. The Kier molecular flexibility index (Phi) is 6.19. The Morgan fingerprint density at radius 2 is 1.71 bits per heavy atom. The Labute approximate surface area is 138 Å². The minimum atomic E-state index is -4.18. The molecule has 1 heterocycles. The maximum absolute atomic E-state index is 12.3. The second-order valence-electron chi connectivity index (χ2n) is 5.86. The number of anilines is 1. The van der Waals surface area contributed by atoms with Crippen LogP contribution in [-0.4, -0.2) is 49.1 Å². The molecule has 0 saturated carbocycles. The van der Waals surface area contributed by atoms with E-state index < -0.39 is 24.5 Å². The molecule has 0 radical (unpaired) electrons. The fourth-order valence-electron chi connectivity index (χ4n) is 2.63. The molecule has 2 N–H and O–H groups in total. The molecule has 0 bridgehead atoms. The number of amides is 2. The Balaban J connectivity index is 1.68. The van der Waals surface area contributed by atoms with Crippen molar-refractivity contribution in [3.63, 3.8) is 0 Å². The van der Waals surface area contributed by atoms with E-state index in [1.807, 2.05) is 0 Å². The summed E-state index contributed by atoms with van der Waals surface area (Å²) in [5, 5.41) is 5.02. The van der Waals surface area contributed by atoms with Crippen molar-refractivity contribution in [2.24, 2.45) is 5.92 Å². The summed E-state index contributed by atoms with van der Waals surface area (Å²) in [4.78, 5) is 24.9. The number of rotatable bonds is 4. The molecule has 1 aromatic rings. The largest absolute Gasteiger partial charge is 0.401 e. The van der Waals surface area contributed by atoms with Crippen molar-refractivity contribution in [1.29, 1.82) is 0 Å². The van der Waals surface area contributed by atoms with Gasteiger partial charge in [0.05, 0.1) is 6.54 Å². The zero-order chi connectivity index (χ0) is 17.6. The van der Waals surface area contributed by atoms with Gasteiger partial charge in [-0.2, -0.15) is 13.2 Å². The number of carbonyl (C=O) groups excluding carboxylic acids is 2. The monoisotopic (exact) mass is 343 g/mol. The number of para-hydroxylation sites is 1. The van der Waals surface area contributed by atoms with Gasteiger partial charge in [0, 0.05) is 12.2 Å². The van der Waals surface area contributed by atoms with Gasteiger partial charge in [-0.1, -0.05) is 18.2 Å². The van der Waals surface area contributed by atoms with E-state index in [-0.39, 0.29) is 5.92 Å². The van der Waals surface area contributed by atoms with E-state index in [4.69, 9.17) is 0 Å². The molecule has 2 rings (SSSR count). The van der Waals surface area contributed by atoms with Gasteiger partial charge in [0.25, 0.3) is 0 Å². The van der Waals surface area contributed by atoms with Crippen LogP contribution in [0.2, 0.25) is 0 Å². The van der Waals surface area contributed by atoms with Gasteiger partial charge >= 0.3 is 18.0 Å². The first kappa shape index (κ1) is 18.3. The smallest absolute Gasteiger partial charge is 0.348 e. The molecule has 0 atom stereocenters. The number of likely N-dealkylation sites (tertiary alicyclic amines) is 1. The van der Waals surface area contributed by atoms with E-state index in [2.05, 4.69) is 10.6 Å². The third kappa shape index (κ3) is 6.19. The van der Waals surface area contributed by atoms with E-state index in [1.54, 1.807) is 30.3 Å². The van der Waals surface area contributed by atoms with Gasteiger partial charge in [-0.25, -0.2) is 0 Å². The van der Waals surface area contributed by atoms with Crippen LogP contribution in [0.4, 0.5) is 18.9 Å². The minimum Gasteiger partial charge on any atom is -0.348 e. The van der Waals surface area contributed by atoms with Gasteiger partial charge in [0.15, 0.2) is 0 Å². The van der Waals surface area contributed by atoms with Gasteiger partial charge in [-0.3, -0.25) is 14.5 Å². The summed E-state index contributed by atoms with van der Waals surface area (Å²) in [5.41, 5.74) is 0.526. The molecule has 0 unspecified atom stereocenters. The zero-order valence-corrected chi connectivity index (χ0v) is 13.1. The van der Waals surface area contributed by atoms with Gasteiger partial charge in [-0.15, -0.1) is 0 Å². The number of nitrogens with zero attached hydrogens (tertiary/aromatic N) is 1. The molecule has 1 aromatic carbocycles. The molecule has 1 aliphatic heterocycles. The maximum Gasteiger partial charge on any atom is 0.401 e. The van der Waals surface area contributed by atoms with Crippen LogP contribution in [0.1, 0.15) is 12.8 Å². The predicted octanol–water partition coefficient (Wildman–Crippen LogP) is 2.02. The minimum absolute atomic E-state index is 0.0861. The van der Waals surface area contributed by atoms with Gasteiger partial charge in [0.2, 0.25) is 0 Å². The molecule has 0 aliphatic carbocycles. The first-order chi connectivity index (χ1) is 11.3. The van der Waals surface area contributed by atoms with Crippen molar-refractivity contribution < 1.29 is 22.8 Å². The lowest BCUT2D eigenvalue weighted by Crippen LogP contribution is -2.44. The first-order valence-corrected chi connectivity index (χ1v) is 7.77. The van der Waals surface area contributed by atoms with Crippen LogP contribution in [0.25, 0.3) is 0 Å². The number of nitrogens with one attached hydrogen (secondary N) is 2. The van der Waals surface area contributed by atoms with Crippen molar-refractivity contribution in [2.75, 3.05) is 31.5 Å². The molecule has 1 fully saturated rings. The molecule has 132 valence electrons.